The van der Waals surface area contributed by atoms with Crippen LogP contribution in [0.15, 0.2) is 24.3 Å². The molecule has 0 heterocycles. The van der Waals surface area contributed by atoms with E-state index in [0.717, 1.165) is 12.0 Å². The van der Waals surface area contributed by atoms with Crippen molar-refractivity contribution in [3.63, 3.8) is 0 Å². The van der Waals surface area contributed by atoms with Gasteiger partial charge in [-0.15, -0.1) is 0 Å². The lowest BCUT2D eigenvalue weighted by atomic mass is 10.2. The molecule has 0 aliphatic carbocycles. The first-order valence-electron chi connectivity index (χ1n) is 7.46. The van der Waals surface area contributed by atoms with Gasteiger partial charge in [-0.25, -0.2) is 0 Å². The van der Waals surface area contributed by atoms with Crippen LogP contribution in [0.1, 0.15) is 45.6 Å². The summed E-state index contributed by atoms with van der Waals surface area (Å²) in [7, 11) is 0. The first-order chi connectivity index (χ1) is 10.0. The fourth-order valence-electron chi connectivity index (χ4n) is 1.72. The molecule has 1 aromatic carbocycles. The van der Waals surface area contributed by atoms with Gasteiger partial charge in [0.25, 0.3) is 0 Å². The largest absolute Gasteiger partial charge is 0.465 e. The van der Waals surface area contributed by atoms with E-state index >= 15 is 0 Å². The minimum atomic E-state index is -0.320. The third-order valence-electron chi connectivity index (χ3n) is 2.88. The number of hydrogen-bond acceptors (Lipinski definition) is 4. The van der Waals surface area contributed by atoms with Crippen molar-refractivity contribution in [1.82, 2.24) is 0 Å². The summed E-state index contributed by atoms with van der Waals surface area (Å²) in [5, 5.41) is 0. The van der Waals surface area contributed by atoms with E-state index in [1.54, 1.807) is 6.07 Å². The Bertz CT molecular complexity index is 466. The van der Waals surface area contributed by atoms with Crippen LogP contribution in [-0.4, -0.2) is 18.5 Å². The van der Waals surface area contributed by atoms with Crippen molar-refractivity contribution < 1.29 is 19.1 Å². The van der Waals surface area contributed by atoms with Gasteiger partial charge in [0, 0.05) is 12.8 Å². The summed E-state index contributed by atoms with van der Waals surface area (Å²) in [5.74, 6) is 0.302. The van der Waals surface area contributed by atoms with Crippen LogP contribution in [0.5, 0.6) is 5.75 Å². The summed E-state index contributed by atoms with van der Waals surface area (Å²) in [5.41, 5.74) is 1.12. The van der Waals surface area contributed by atoms with Crippen LogP contribution in [0.3, 0.4) is 0 Å². The Kier molecular flexibility index (Phi) is 7.51. The molecule has 0 saturated carbocycles. The molecule has 0 aliphatic heterocycles. The van der Waals surface area contributed by atoms with Gasteiger partial charge in [0.1, 0.15) is 5.75 Å². The van der Waals surface area contributed by atoms with E-state index in [-0.39, 0.29) is 24.8 Å². The van der Waals surface area contributed by atoms with E-state index in [1.165, 1.54) is 0 Å². The molecule has 0 radical (unpaired) electrons. The zero-order valence-electron chi connectivity index (χ0n) is 13.1. The van der Waals surface area contributed by atoms with Crippen LogP contribution in [0.4, 0.5) is 0 Å². The summed E-state index contributed by atoms with van der Waals surface area (Å²) >= 11 is 0. The first-order valence-corrected chi connectivity index (χ1v) is 7.46. The molecule has 0 spiro atoms. The molecule has 0 aromatic heterocycles. The van der Waals surface area contributed by atoms with Crippen LogP contribution in [0.25, 0.3) is 0 Å². The zero-order valence-corrected chi connectivity index (χ0v) is 13.1. The van der Waals surface area contributed by atoms with Crippen molar-refractivity contribution in [2.45, 2.75) is 46.5 Å². The summed E-state index contributed by atoms with van der Waals surface area (Å²) in [4.78, 5) is 23.1. The highest BCUT2D eigenvalue weighted by molar-refractivity contribution is 5.74. The highest BCUT2D eigenvalue weighted by Gasteiger charge is 2.09. The zero-order chi connectivity index (χ0) is 15.7. The Labute approximate surface area is 126 Å². The average Bonchev–Trinajstić information content (AvgIpc) is 2.45. The second-order valence-electron chi connectivity index (χ2n) is 5.41. The number of carbonyl (C=O) groups excluding carboxylic acids is 2. The van der Waals surface area contributed by atoms with E-state index in [2.05, 4.69) is 0 Å². The Morgan fingerprint density at radius 2 is 1.86 bits per heavy atom. The molecule has 0 unspecified atom stereocenters. The van der Waals surface area contributed by atoms with Crippen molar-refractivity contribution in [1.29, 1.82) is 0 Å². The number of aryl methyl sites for hydroxylation is 1. The summed E-state index contributed by atoms with van der Waals surface area (Å²) in [6.07, 6.45) is 1.81. The molecule has 0 bridgehead atoms. The van der Waals surface area contributed by atoms with Gasteiger partial charge in [0.15, 0.2) is 0 Å². The SMILES string of the molecule is CCc1cccc(OC(=O)CCCC(=O)OCC(C)C)c1. The van der Waals surface area contributed by atoms with Crippen molar-refractivity contribution in [2.75, 3.05) is 6.61 Å². The fraction of sp³-hybridized carbons (Fsp3) is 0.529. The van der Waals surface area contributed by atoms with Gasteiger partial charge in [-0.2, -0.15) is 0 Å². The molecule has 4 heteroatoms. The Hall–Kier alpha value is -1.84. The minimum Gasteiger partial charge on any atom is -0.465 e. The van der Waals surface area contributed by atoms with Gasteiger partial charge < -0.3 is 9.47 Å². The van der Waals surface area contributed by atoms with Crippen molar-refractivity contribution in [3.05, 3.63) is 29.8 Å². The van der Waals surface area contributed by atoms with Crippen LogP contribution < -0.4 is 4.74 Å². The van der Waals surface area contributed by atoms with Crippen LogP contribution in [0, 0.1) is 5.92 Å². The fourth-order valence-corrected chi connectivity index (χ4v) is 1.72. The molecule has 116 valence electrons. The van der Waals surface area contributed by atoms with Crippen molar-refractivity contribution in [3.8, 4) is 5.75 Å². The molecule has 0 aliphatic rings. The highest BCUT2D eigenvalue weighted by atomic mass is 16.5. The molecule has 0 fully saturated rings. The predicted molar refractivity (Wildman–Crippen MR) is 81.1 cm³/mol. The standard InChI is InChI=1S/C17H24O4/c1-4-14-7-5-8-15(11-14)21-17(19)10-6-9-16(18)20-12-13(2)3/h5,7-8,11,13H,4,6,9-10,12H2,1-3H3. The van der Waals surface area contributed by atoms with Crippen LogP contribution in [-0.2, 0) is 20.7 Å². The second-order valence-corrected chi connectivity index (χ2v) is 5.41. The molecular weight excluding hydrogens is 268 g/mol. The maximum atomic E-state index is 11.7. The number of benzene rings is 1. The van der Waals surface area contributed by atoms with Gasteiger partial charge in [0.05, 0.1) is 6.61 Å². The van der Waals surface area contributed by atoms with E-state index in [0.29, 0.717) is 24.7 Å². The second kappa shape index (κ2) is 9.16. The van der Waals surface area contributed by atoms with Gasteiger partial charge in [0.2, 0.25) is 0 Å². The maximum absolute atomic E-state index is 11.7. The number of carbonyl (C=O) groups is 2. The predicted octanol–water partition coefficient (Wildman–Crippen LogP) is 3.52. The van der Waals surface area contributed by atoms with Crippen LogP contribution >= 0.6 is 0 Å². The molecule has 1 rings (SSSR count). The summed E-state index contributed by atoms with van der Waals surface area (Å²) < 4.78 is 10.3. The maximum Gasteiger partial charge on any atom is 0.311 e. The first kappa shape index (κ1) is 17.2. The number of ether oxygens (including phenoxy) is 2. The molecule has 21 heavy (non-hydrogen) atoms. The lowest BCUT2D eigenvalue weighted by Crippen LogP contribution is -2.12. The molecule has 4 nitrogen and oxygen atoms in total. The smallest absolute Gasteiger partial charge is 0.311 e. The van der Waals surface area contributed by atoms with E-state index in [4.69, 9.17) is 9.47 Å². The molecular formula is C17H24O4. The normalized spacial score (nSPS) is 10.5. The third-order valence-corrected chi connectivity index (χ3v) is 2.88. The van der Waals surface area contributed by atoms with Gasteiger partial charge in [-0.3, -0.25) is 9.59 Å². The van der Waals surface area contributed by atoms with Gasteiger partial charge >= 0.3 is 11.9 Å². The Morgan fingerprint density at radius 3 is 2.52 bits per heavy atom. The van der Waals surface area contributed by atoms with Crippen LogP contribution in [0.2, 0.25) is 0 Å². The van der Waals surface area contributed by atoms with Crippen molar-refractivity contribution >= 4 is 11.9 Å². The lowest BCUT2D eigenvalue weighted by Gasteiger charge is -2.07. The number of hydrogen-bond donors (Lipinski definition) is 0. The summed E-state index contributed by atoms with van der Waals surface area (Å²) in [6, 6.07) is 7.47. The molecule has 0 N–H and O–H groups in total. The molecule has 0 amide bonds. The third kappa shape index (κ3) is 7.49. The number of rotatable bonds is 8. The highest BCUT2D eigenvalue weighted by Crippen LogP contribution is 2.15. The van der Waals surface area contributed by atoms with E-state index in [1.807, 2.05) is 39.0 Å². The van der Waals surface area contributed by atoms with E-state index < -0.39 is 0 Å². The quantitative estimate of drug-likeness (QED) is 0.543. The molecule has 0 atom stereocenters. The Balaban J connectivity index is 2.26. The average molecular weight is 292 g/mol. The van der Waals surface area contributed by atoms with E-state index in [9.17, 15) is 9.59 Å². The Morgan fingerprint density at radius 1 is 1.14 bits per heavy atom. The lowest BCUT2D eigenvalue weighted by molar-refractivity contribution is -0.145. The molecule has 1 aromatic rings. The van der Waals surface area contributed by atoms with Crippen molar-refractivity contribution in [2.24, 2.45) is 5.92 Å². The van der Waals surface area contributed by atoms with Gasteiger partial charge in [-0.05, 0) is 36.5 Å². The minimum absolute atomic E-state index is 0.215. The molecule has 0 saturated heterocycles. The summed E-state index contributed by atoms with van der Waals surface area (Å²) in [6.45, 7) is 6.43. The van der Waals surface area contributed by atoms with Gasteiger partial charge in [-0.1, -0.05) is 32.9 Å². The monoisotopic (exact) mass is 292 g/mol. The topological polar surface area (TPSA) is 52.6 Å². The number of esters is 2.